The summed E-state index contributed by atoms with van der Waals surface area (Å²) >= 11 is 3.26. The Morgan fingerprint density at radius 1 is 1.19 bits per heavy atom. The van der Waals surface area contributed by atoms with Crippen LogP contribution < -0.4 is 5.32 Å². The molecule has 1 atom stereocenters. The van der Waals surface area contributed by atoms with Crippen LogP contribution in [0.5, 0.6) is 0 Å². The molecule has 3 aromatic rings. The Hall–Kier alpha value is -2.15. The minimum atomic E-state index is -0.636. The van der Waals surface area contributed by atoms with Crippen LogP contribution >= 0.6 is 23.1 Å². The Balaban J connectivity index is 1.72. The lowest BCUT2D eigenvalue weighted by Crippen LogP contribution is -2.23. The van der Waals surface area contributed by atoms with E-state index in [0.29, 0.717) is 0 Å². The minimum absolute atomic E-state index is 0.183. The molecule has 3 rings (SSSR count). The summed E-state index contributed by atoms with van der Waals surface area (Å²) in [6.45, 7) is 3.97. The standard InChI is InChI=1S/C20H20N2O2S2/c1-13-11-16(26-20-21-14(2)12-25-20)9-10-17(13)22-19(23)18(24-3)15-7-5-4-6-8-15/h4-12,18H,1-3H3,(H,22,23). The first-order valence-corrected chi connectivity index (χ1v) is 9.85. The van der Waals surface area contributed by atoms with Gasteiger partial charge in [0.05, 0.1) is 0 Å². The quantitative estimate of drug-likeness (QED) is 0.632. The summed E-state index contributed by atoms with van der Waals surface area (Å²) in [6, 6.07) is 15.5. The molecular formula is C20H20N2O2S2. The van der Waals surface area contributed by atoms with Crippen LogP contribution in [-0.4, -0.2) is 18.0 Å². The smallest absolute Gasteiger partial charge is 0.258 e. The van der Waals surface area contributed by atoms with Gasteiger partial charge >= 0.3 is 0 Å². The number of carbonyl (C=O) groups excluding carboxylic acids is 1. The maximum atomic E-state index is 12.6. The van der Waals surface area contributed by atoms with Gasteiger partial charge in [-0.2, -0.15) is 0 Å². The van der Waals surface area contributed by atoms with Crippen LogP contribution in [-0.2, 0) is 9.53 Å². The van der Waals surface area contributed by atoms with Crippen molar-refractivity contribution in [3.8, 4) is 0 Å². The second kappa shape index (κ2) is 8.49. The average Bonchev–Trinajstić information content (AvgIpc) is 3.04. The van der Waals surface area contributed by atoms with Gasteiger partial charge in [0.2, 0.25) is 0 Å². The van der Waals surface area contributed by atoms with E-state index in [2.05, 4.69) is 16.4 Å². The number of anilines is 1. The van der Waals surface area contributed by atoms with E-state index in [9.17, 15) is 4.79 Å². The topological polar surface area (TPSA) is 51.2 Å². The molecule has 1 aromatic heterocycles. The van der Waals surface area contributed by atoms with Crippen molar-refractivity contribution < 1.29 is 9.53 Å². The molecule has 134 valence electrons. The summed E-state index contributed by atoms with van der Waals surface area (Å²) < 4.78 is 6.41. The van der Waals surface area contributed by atoms with Crippen molar-refractivity contribution in [1.29, 1.82) is 0 Å². The monoisotopic (exact) mass is 384 g/mol. The number of benzene rings is 2. The molecule has 2 aromatic carbocycles. The van der Waals surface area contributed by atoms with E-state index < -0.39 is 6.10 Å². The zero-order valence-corrected chi connectivity index (χ0v) is 16.5. The maximum absolute atomic E-state index is 12.6. The van der Waals surface area contributed by atoms with Crippen LogP contribution in [0.2, 0.25) is 0 Å². The number of thiazole rings is 1. The third kappa shape index (κ3) is 4.52. The summed E-state index contributed by atoms with van der Waals surface area (Å²) in [6.07, 6.45) is -0.636. The van der Waals surface area contributed by atoms with Crippen molar-refractivity contribution >= 4 is 34.7 Å². The van der Waals surface area contributed by atoms with E-state index in [4.69, 9.17) is 4.74 Å². The third-order valence-corrected chi connectivity index (χ3v) is 5.88. The number of ether oxygens (including phenoxy) is 1. The Morgan fingerprint density at radius 2 is 1.96 bits per heavy atom. The number of aryl methyl sites for hydroxylation is 2. The van der Waals surface area contributed by atoms with E-state index in [-0.39, 0.29) is 5.91 Å². The predicted molar refractivity (Wildman–Crippen MR) is 107 cm³/mol. The van der Waals surface area contributed by atoms with Crippen molar-refractivity contribution in [2.45, 2.75) is 29.2 Å². The van der Waals surface area contributed by atoms with Gasteiger partial charge in [-0.25, -0.2) is 4.98 Å². The SMILES string of the molecule is COC(C(=O)Nc1ccc(Sc2nc(C)cs2)cc1C)c1ccccc1. The first-order chi connectivity index (χ1) is 12.6. The van der Waals surface area contributed by atoms with Gasteiger partial charge in [0.15, 0.2) is 10.4 Å². The van der Waals surface area contributed by atoms with Crippen molar-refractivity contribution in [2.75, 3.05) is 12.4 Å². The molecule has 1 amide bonds. The lowest BCUT2D eigenvalue weighted by molar-refractivity contribution is -0.126. The van der Waals surface area contributed by atoms with Crippen LogP contribution in [0.4, 0.5) is 5.69 Å². The number of hydrogen-bond donors (Lipinski definition) is 1. The number of methoxy groups -OCH3 is 1. The highest BCUT2D eigenvalue weighted by molar-refractivity contribution is 8.01. The van der Waals surface area contributed by atoms with Gasteiger partial charge in [0.25, 0.3) is 5.91 Å². The Kier molecular flexibility index (Phi) is 6.08. The minimum Gasteiger partial charge on any atom is -0.367 e. The van der Waals surface area contributed by atoms with Gasteiger partial charge in [0, 0.05) is 28.8 Å². The number of hydrogen-bond acceptors (Lipinski definition) is 5. The predicted octanol–water partition coefficient (Wildman–Crippen LogP) is 5.24. The molecule has 26 heavy (non-hydrogen) atoms. The number of amides is 1. The van der Waals surface area contributed by atoms with Gasteiger partial charge in [-0.3, -0.25) is 4.79 Å². The number of carbonyl (C=O) groups is 1. The van der Waals surface area contributed by atoms with Crippen LogP contribution in [0.1, 0.15) is 22.9 Å². The van der Waals surface area contributed by atoms with E-state index >= 15 is 0 Å². The van der Waals surface area contributed by atoms with Crippen molar-refractivity contribution in [3.63, 3.8) is 0 Å². The lowest BCUT2D eigenvalue weighted by Gasteiger charge is -2.17. The second-order valence-corrected chi connectivity index (χ2v) is 8.03. The molecule has 0 aliphatic rings. The molecule has 0 saturated heterocycles. The molecule has 0 fully saturated rings. The van der Waals surface area contributed by atoms with Crippen molar-refractivity contribution in [1.82, 2.24) is 4.98 Å². The zero-order chi connectivity index (χ0) is 18.5. The average molecular weight is 385 g/mol. The molecule has 0 radical (unpaired) electrons. The summed E-state index contributed by atoms with van der Waals surface area (Å²) in [5.74, 6) is -0.183. The van der Waals surface area contributed by atoms with E-state index in [0.717, 1.165) is 31.7 Å². The fraction of sp³-hybridized carbons (Fsp3) is 0.200. The number of nitrogens with zero attached hydrogens (tertiary/aromatic N) is 1. The lowest BCUT2D eigenvalue weighted by atomic mass is 10.1. The fourth-order valence-corrected chi connectivity index (χ4v) is 4.45. The van der Waals surface area contributed by atoms with E-state index in [1.165, 1.54) is 0 Å². The van der Waals surface area contributed by atoms with Crippen LogP contribution in [0, 0.1) is 13.8 Å². The molecule has 1 unspecified atom stereocenters. The molecule has 1 heterocycles. The normalized spacial score (nSPS) is 12.0. The molecule has 0 saturated carbocycles. The summed E-state index contributed by atoms with van der Waals surface area (Å²) in [7, 11) is 1.54. The Bertz CT molecular complexity index is 894. The van der Waals surface area contributed by atoms with Crippen LogP contribution in [0.25, 0.3) is 0 Å². The Labute approximate surface area is 161 Å². The molecule has 1 N–H and O–H groups in total. The largest absolute Gasteiger partial charge is 0.367 e. The molecule has 0 spiro atoms. The number of nitrogens with one attached hydrogen (secondary N) is 1. The molecule has 0 bridgehead atoms. The van der Waals surface area contributed by atoms with Gasteiger partial charge in [-0.15, -0.1) is 11.3 Å². The van der Waals surface area contributed by atoms with Gasteiger partial charge in [-0.1, -0.05) is 42.1 Å². The number of aromatic nitrogens is 1. The molecule has 4 nitrogen and oxygen atoms in total. The summed E-state index contributed by atoms with van der Waals surface area (Å²) in [4.78, 5) is 18.2. The first kappa shape index (κ1) is 18.6. The van der Waals surface area contributed by atoms with E-state index in [1.54, 1.807) is 30.2 Å². The molecule has 0 aliphatic heterocycles. The van der Waals surface area contributed by atoms with Gasteiger partial charge in [-0.05, 0) is 43.2 Å². The molecular weight excluding hydrogens is 364 g/mol. The van der Waals surface area contributed by atoms with Crippen LogP contribution in [0.3, 0.4) is 0 Å². The van der Waals surface area contributed by atoms with E-state index in [1.807, 2.05) is 61.7 Å². The highest BCUT2D eigenvalue weighted by atomic mass is 32.2. The summed E-state index contributed by atoms with van der Waals surface area (Å²) in [5, 5.41) is 5.01. The first-order valence-electron chi connectivity index (χ1n) is 8.16. The second-order valence-electron chi connectivity index (χ2n) is 5.85. The maximum Gasteiger partial charge on any atom is 0.258 e. The summed E-state index contributed by atoms with van der Waals surface area (Å²) in [5.41, 5.74) is 3.65. The molecule has 0 aliphatic carbocycles. The molecule has 6 heteroatoms. The highest BCUT2D eigenvalue weighted by Gasteiger charge is 2.20. The highest BCUT2D eigenvalue weighted by Crippen LogP contribution is 2.32. The fourth-order valence-electron chi connectivity index (χ4n) is 2.54. The van der Waals surface area contributed by atoms with Crippen molar-refractivity contribution in [3.05, 3.63) is 70.7 Å². The third-order valence-electron chi connectivity index (χ3n) is 3.83. The number of rotatable bonds is 6. The van der Waals surface area contributed by atoms with Gasteiger partial charge < -0.3 is 10.1 Å². The van der Waals surface area contributed by atoms with Gasteiger partial charge in [0.1, 0.15) is 0 Å². The Morgan fingerprint density at radius 3 is 2.58 bits per heavy atom. The van der Waals surface area contributed by atoms with Crippen LogP contribution in [0.15, 0.2) is 63.1 Å². The van der Waals surface area contributed by atoms with Crippen molar-refractivity contribution in [2.24, 2.45) is 0 Å². The zero-order valence-electron chi connectivity index (χ0n) is 14.9.